The standard InChI is InChI=1S/C26H31N3O2S/c1-21(2)18-26-25(20-28(32(26,30)31)19-22-12-6-3-7-13-22)27-29(23-14-8-4-9-15-23)24-16-10-5-11-17-24/h3-17,21,25-27H,18-20H2,1-2H3/t25-,26-/m0/s1. The Hall–Kier alpha value is -2.67. The summed E-state index contributed by atoms with van der Waals surface area (Å²) in [4.78, 5) is 0. The number of rotatable bonds is 8. The molecule has 3 aromatic rings. The van der Waals surface area contributed by atoms with Gasteiger partial charge in [0.15, 0.2) is 0 Å². The Bertz CT molecular complexity index is 1050. The SMILES string of the molecule is CC(C)C[C@H]1[C@@H](NN(c2ccccc2)c2ccccc2)CN(Cc2ccccc2)S1(=O)=O. The summed E-state index contributed by atoms with van der Waals surface area (Å²) in [5.41, 5.74) is 6.54. The number of hydrogen-bond acceptors (Lipinski definition) is 4. The number of nitrogens with one attached hydrogen (secondary N) is 1. The first-order valence-electron chi connectivity index (χ1n) is 11.1. The second kappa shape index (κ2) is 9.86. The summed E-state index contributed by atoms with van der Waals surface area (Å²) < 4.78 is 28.8. The van der Waals surface area contributed by atoms with Gasteiger partial charge >= 0.3 is 0 Å². The fourth-order valence-electron chi connectivity index (χ4n) is 4.27. The number of benzene rings is 3. The highest BCUT2D eigenvalue weighted by Crippen LogP contribution is 2.31. The molecule has 1 saturated heterocycles. The van der Waals surface area contributed by atoms with Gasteiger partial charge in [-0.25, -0.2) is 13.8 Å². The normalized spacial score (nSPS) is 20.5. The van der Waals surface area contributed by atoms with Crippen LogP contribution in [0.4, 0.5) is 11.4 Å². The lowest BCUT2D eigenvalue weighted by molar-refractivity contribution is 0.388. The zero-order valence-corrected chi connectivity index (χ0v) is 19.4. The topological polar surface area (TPSA) is 52.6 Å². The van der Waals surface area contributed by atoms with Gasteiger partial charge in [0.05, 0.1) is 22.7 Å². The van der Waals surface area contributed by atoms with Gasteiger partial charge in [0.2, 0.25) is 10.0 Å². The van der Waals surface area contributed by atoms with Gasteiger partial charge in [0, 0.05) is 13.1 Å². The number of hydrogen-bond donors (Lipinski definition) is 1. The van der Waals surface area contributed by atoms with Gasteiger partial charge < -0.3 is 0 Å². The van der Waals surface area contributed by atoms with Crippen molar-refractivity contribution in [1.82, 2.24) is 9.73 Å². The highest BCUT2D eigenvalue weighted by Gasteiger charge is 2.46. The Morgan fingerprint density at radius 2 is 1.38 bits per heavy atom. The number of anilines is 2. The molecule has 1 aliphatic rings. The van der Waals surface area contributed by atoms with E-state index in [0.717, 1.165) is 16.9 Å². The monoisotopic (exact) mass is 449 g/mol. The predicted octanol–water partition coefficient (Wildman–Crippen LogP) is 4.96. The Kier molecular flexibility index (Phi) is 6.94. The van der Waals surface area contributed by atoms with Crippen LogP contribution in [0.25, 0.3) is 0 Å². The molecule has 0 aliphatic carbocycles. The lowest BCUT2D eigenvalue weighted by Crippen LogP contribution is -2.48. The Balaban J connectivity index is 1.66. The zero-order valence-electron chi connectivity index (χ0n) is 18.6. The molecule has 0 amide bonds. The van der Waals surface area contributed by atoms with Crippen LogP contribution in [-0.4, -0.2) is 30.6 Å². The number of sulfonamides is 1. The highest BCUT2D eigenvalue weighted by molar-refractivity contribution is 7.90. The molecule has 0 unspecified atom stereocenters. The lowest BCUT2D eigenvalue weighted by Gasteiger charge is -2.31. The molecule has 0 radical (unpaired) electrons. The van der Waals surface area contributed by atoms with Crippen LogP contribution in [-0.2, 0) is 16.6 Å². The molecule has 32 heavy (non-hydrogen) atoms. The third-order valence-electron chi connectivity index (χ3n) is 5.82. The van der Waals surface area contributed by atoms with Gasteiger partial charge in [-0.05, 0) is 42.2 Å². The first-order valence-corrected chi connectivity index (χ1v) is 12.6. The molecule has 0 saturated carbocycles. The van der Waals surface area contributed by atoms with Crippen molar-refractivity contribution in [2.75, 3.05) is 11.6 Å². The molecular weight excluding hydrogens is 418 g/mol. The van der Waals surface area contributed by atoms with Crippen molar-refractivity contribution in [2.24, 2.45) is 5.92 Å². The second-order valence-corrected chi connectivity index (χ2v) is 10.9. The number of hydrazine groups is 1. The molecule has 0 bridgehead atoms. The van der Waals surface area contributed by atoms with E-state index in [4.69, 9.17) is 0 Å². The van der Waals surface area contributed by atoms with Crippen LogP contribution in [0.3, 0.4) is 0 Å². The van der Waals surface area contributed by atoms with E-state index in [1.807, 2.05) is 96.0 Å². The molecule has 1 fully saturated rings. The van der Waals surface area contributed by atoms with Crippen LogP contribution in [0, 0.1) is 5.92 Å². The maximum Gasteiger partial charge on any atom is 0.219 e. The number of nitrogens with zero attached hydrogens (tertiary/aromatic N) is 2. The van der Waals surface area contributed by atoms with Crippen molar-refractivity contribution < 1.29 is 8.42 Å². The minimum Gasteiger partial charge on any atom is -0.277 e. The average Bonchev–Trinajstić information content (AvgIpc) is 3.03. The summed E-state index contributed by atoms with van der Waals surface area (Å²) >= 11 is 0. The largest absolute Gasteiger partial charge is 0.277 e. The van der Waals surface area contributed by atoms with Gasteiger partial charge in [0.1, 0.15) is 0 Å². The summed E-state index contributed by atoms with van der Waals surface area (Å²) in [6, 6.07) is 29.6. The van der Waals surface area contributed by atoms with Gasteiger partial charge in [0.25, 0.3) is 0 Å². The third kappa shape index (κ3) is 5.04. The zero-order chi connectivity index (χ0) is 22.6. The summed E-state index contributed by atoms with van der Waals surface area (Å²) in [5.74, 6) is 0.276. The Labute approximate surface area is 191 Å². The minimum absolute atomic E-state index is 0.230. The average molecular weight is 450 g/mol. The summed E-state index contributed by atoms with van der Waals surface area (Å²) in [5, 5.41) is 1.53. The van der Waals surface area contributed by atoms with E-state index in [1.165, 1.54) is 0 Å². The molecule has 3 aromatic carbocycles. The van der Waals surface area contributed by atoms with Crippen molar-refractivity contribution in [3.8, 4) is 0 Å². The van der Waals surface area contributed by atoms with E-state index < -0.39 is 15.3 Å². The lowest BCUT2D eigenvalue weighted by atomic mass is 10.0. The van der Waals surface area contributed by atoms with Crippen LogP contribution >= 0.6 is 0 Å². The number of para-hydroxylation sites is 2. The van der Waals surface area contributed by atoms with Gasteiger partial charge in [-0.3, -0.25) is 5.01 Å². The van der Waals surface area contributed by atoms with Gasteiger partial charge in [-0.15, -0.1) is 0 Å². The molecular formula is C26H31N3O2S. The van der Waals surface area contributed by atoms with Crippen molar-refractivity contribution in [3.05, 3.63) is 96.6 Å². The highest BCUT2D eigenvalue weighted by atomic mass is 32.2. The quantitative estimate of drug-likeness (QED) is 0.494. The smallest absolute Gasteiger partial charge is 0.219 e. The molecule has 1 aliphatic heterocycles. The van der Waals surface area contributed by atoms with E-state index in [0.29, 0.717) is 19.5 Å². The van der Waals surface area contributed by atoms with E-state index in [2.05, 4.69) is 19.3 Å². The van der Waals surface area contributed by atoms with Gasteiger partial charge in [-0.2, -0.15) is 4.31 Å². The van der Waals surface area contributed by atoms with Crippen LogP contribution < -0.4 is 10.4 Å². The molecule has 0 spiro atoms. The fourth-order valence-corrected chi connectivity index (χ4v) is 6.54. The van der Waals surface area contributed by atoms with Crippen molar-refractivity contribution >= 4 is 21.4 Å². The first-order chi connectivity index (χ1) is 15.4. The molecule has 5 nitrogen and oxygen atoms in total. The Morgan fingerprint density at radius 1 is 0.875 bits per heavy atom. The first kappa shape index (κ1) is 22.5. The van der Waals surface area contributed by atoms with E-state index >= 15 is 0 Å². The van der Waals surface area contributed by atoms with E-state index in [-0.39, 0.29) is 12.0 Å². The molecule has 0 aromatic heterocycles. The molecule has 1 heterocycles. The molecule has 6 heteroatoms. The molecule has 168 valence electrons. The summed E-state index contributed by atoms with van der Waals surface area (Å²) in [6.45, 7) is 4.99. The molecule has 4 rings (SSSR count). The predicted molar refractivity (Wildman–Crippen MR) is 131 cm³/mol. The van der Waals surface area contributed by atoms with Crippen LogP contribution in [0.15, 0.2) is 91.0 Å². The van der Waals surface area contributed by atoms with Crippen molar-refractivity contribution in [3.63, 3.8) is 0 Å². The van der Waals surface area contributed by atoms with Crippen LogP contribution in [0.5, 0.6) is 0 Å². The van der Waals surface area contributed by atoms with E-state index in [1.54, 1.807) is 4.31 Å². The third-order valence-corrected chi connectivity index (χ3v) is 8.10. The Morgan fingerprint density at radius 3 is 1.88 bits per heavy atom. The van der Waals surface area contributed by atoms with Crippen LogP contribution in [0.2, 0.25) is 0 Å². The minimum atomic E-state index is -3.44. The van der Waals surface area contributed by atoms with Gasteiger partial charge in [-0.1, -0.05) is 80.6 Å². The summed E-state index contributed by atoms with van der Waals surface area (Å²) in [7, 11) is -3.44. The van der Waals surface area contributed by atoms with Crippen LogP contribution in [0.1, 0.15) is 25.8 Å². The summed E-state index contributed by atoms with van der Waals surface area (Å²) in [6.07, 6.45) is 0.614. The van der Waals surface area contributed by atoms with Crippen molar-refractivity contribution in [2.45, 2.75) is 38.1 Å². The second-order valence-electron chi connectivity index (χ2n) is 8.73. The van der Waals surface area contributed by atoms with E-state index in [9.17, 15) is 8.42 Å². The maximum atomic E-state index is 13.6. The molecule has 1 N–H and O–H groups in total. The molecule has 2 atom stereocenters. The maximum absolute atomic E-state index is 13.6. The fraction of sp³-hybridized carbons (Fsp3) is 0.308. The van der Waals surface area contributed by atoms with Crippen molar-refractivity contribution in [1.29, 1.82) is 0 Å².